The van der Waals surface area contributed by atoms with E-state index in [9.17, 15) is 9.90 Å². The monoisotopic (exact) mass is 343 g/mol. The SMILES string of the molecule is CC12CCC(=O)C=C1CCC1C2CCC2(C)C(C(=N)CCO)CCC12. The van der Waals surface area contributed by atoms with Crippen LogP contribution in [0.1, 0.15) is 71.6 Å². The molecule has 4 aliphatic rings. The van der Waals surface area contributed by atoms with Crippen LogP contribution in [0.25, 0.3) is 0 Å². The van der Waals surface area contributed by atoms with Gasteiger partial charge in [0.1, 0.15) is 0 Å². The Labute approximate surface area is 151 Å². The van der Waals surface area contributed by atoms with Crippen LogP contribution in [0.3, 0.4) is 0 Å². The molecule has 0 aromatic carbocycles. The van der Waals surface area contributed by atoms with Crippen LogP contribution in [-0.2, 0) is 4.79 Å². The summed E-state index contributed by atoms with van der Waals surface area (Å²) in [5.74, 6) is 2.94. The van der Waals surface area contributed by atoms with E-state index in [-0.39, 0.29) is 17.4 Å². The van der Waals surface area contributed by atoms with Gasteiger partial charge in [0.15, 0.2) is 5.78 Å². The minimum atomic E-state index is 0.113. The molecule has 0 aromatic rings. The summed E-state index contributed by atoms with van der Waals surface area (Å²) >= 11 is 0. The molecule has 0 aromatic heterocycles. The Balaban J connectivity index is 1.61. The number of aliphatic hydroxyl groups excluding tert-OH is 1. The second kappa shape index (κ2) is 6.04. The number of ketones is 1. The van der Waals surface area contributed by atoms with Crippen molar-refractivity contribution in [2.75, 3.05) is 6.61 Å². The molecule has 0 spiro atoms. The molecule has 3 fully saturated rings. The number of rotatable bonds is 3. The highest BCUT2D eigenvalue weighted by molar-refractivity contribution is 5.91. The summed E-state index contributed by atoms with van der Waals surface area (Å²) in [6, 6.07) is 0. The molecule has 3 heteroatoms. The molecule has 4 rings (SSSR count). The highest BCUT2D eigenvalue weighted by Gasteiger charge is 2.59. The zero-order chi connectivity index (χ0) is 17.8. The number of nitrogens with one attached hydrogen (secondary N) is 1. The molecule has 0 aliphatic heterocycles. The molecule has 6 atom stereocenters. The molecule has 2 N–H and O–H groups in total. The molecule has 6 unspecified atom stereocenters. The van der Waals surface area contributed by atoms with Crippen molar-refractivity contribution < 1.29 is 9.90 Å². The van der Waals surface area contributed by atoms with E-state index in [1.807, 2.05) is 6.08 Å². The smallest absolute Gasteiger partial charge is 0.155 e. The average Bonchev–Trinajstić information content (AvgIpc) is 2.93. The summed E-state index contributed by atoms with van der Waals surface area (Å²) in [5, 5.41) is 17.7. The fourth-order valence-corrected chi connectivity index (χ4v) is 7.43. The summed E-state index contributed by atoms with van der Waals surface area (Å²) in [6.07, 6.45) is 11.5. The third-order valence-electron chi connectivity index (χ3n) is 8.76. The van der Waals surface area contributed by atoms with Gasteiger partial charge in [0.25, 0.3) is 0 Å². The van der Waals surface area contributed by atoms with Gasteiger partial charge in [-0.3, -0.25) is 4.79 Å². The summed E-state index contributed by atoms with van der Waals surface area (Å²) in [5.41, 5.74) is 2.73. The van der Waals surface area contributed by atoms with E-state index >= 15 is 0 Å². The van der Waals surface area contributed by atoms with Crippen molar-refractivity contribution in [2.24, 2.45) is 34.5 Å². The number of allylic oxidation sites excluding steroid dienone is 1. The molecule has 0 radical (unpaired) electrons. The lowest BCUT2D eigenvalue weighted by Gasteiger charge is -2.58. The van der Waals surface area contributed by atoms with Crippen LogP contribution >= 0.6 is 0 Å². The Hall–Kier alpha value is -0.960. The van der Waals surface area contributed by atoms with Gasteiger partial charge >= 0.3 is 0 Å². The van der Waals surface area contributed by atoms with E-state index in [0.29, 0.717) is 18.1 Å². The van der Waals surface area contributed by atoms with Crippen molar-refractivity contribution in [3.8, 4) is 0 Å². The number of hydrogen-bond acceptors (Lipinski definition) is 3. The van der Waals surface area contributed by atoms with Crippen molar-refractivity contribution in [3.63, 3.8) is 0 Å². The van der Waals surface area contributed by atoms with Crippen LogP contribution in [0, 0.1) is 39.9 Å². The first kappa shape index (κ1) is 17.5. The Kier molecular flexibility index (Phi) is 4.22. The maximum absolute atomic E-state index is 11.9. The first-order valence-corrected chi connectivity index (χ1v) is 10.3. The molecular formula is C22H33NO2. The van der Waals surface area contributed by atoms with E-state index in [4.69, 9.17) is 5.41 Å². The molecule has 4 aliphatic carbocycles. The topological polar surface area (TPSA) is 61.2 Å². The molecule has 3 nitrogen and oxygen atoms in total. The van der Waals surface area contributed by atoms with Gasteiger partial charge in [-0.2, -0.15) is 0 Å². The van der Waals surface area contributed by atoms with Crippen LogP contribution in [0.2, 0.25) is 0 Å². The predicted octanol–water partition coefficient (Wildman–Crippen LogP) is 4.54. The Bertz CT molecular complexity index is 624. The largest absolute Gasteiger partial charge is 0.396 e. The van der Waals surface area contributed by atoms with Crippen LogP contribution in [0.5, 0.6) is 0 Å². The molecular weight excluding hydrogens is 310 g/mol. The normalized spacial score (nSPS) is 46.0. The number of fused-ring (bicyclic) bond motifs is 5. The van der Waals surface area contributed by atoms with Gasteiger partial charge in [-0.1, -0.05) is 19.4 Å². The standard InChI is InChI=1S/C22H33NO2/c1-21-10-7-15(25)13-14(21)3-4-16-17-5-6-19(20(23)9-12-24)22(17,2)11-8-18(16)21/h13,16-19,23-24H,3-12H2,1-2H3. The highest BCUT2D eigenvalue weighted by atomic mass is 16.3. The third kappa shape index (κ3) is 2.49. The van der Waals surface area contributed by atoms with Gasteiger partial charge in [0.2, 0.25) is 0 Å². The van der Waals surface area contributed by atoms with Crippen LogP contribution < -0.4 is 0 Å². The maximum Gasteiger partial charge on any atom is 0.155 e. The van der Waals surface area contributed by atoms with Gasteiger partial charge in [-0.05, 0) is 79.6 Å². The Morgan fingerprint density at radius 2 is 1.96 bits per heavy atom. The zero-order valence-electron chi connectivity index (χ0n) is 15.8. The van der Waals surface area contributed by atoms with E-state index in [1.165, 1.54) is 31.3 Å². The first-order chi connectivity index (χ1) is 11.9. The summed E-state index contributed by atoms with van der Waals surface area (Å²) in [6.45, 7) is 4.99. The Morgan fingerprint density at radius 1 is 1.16 bits per heavy atom. The number of carbonyl (C=O) groups excluding carboxylic acids is 1. The van der Waals surface area contributed by atoms with E-state index in [2.05, 4.69) is 13.8 Å². The minimum absolute atomic E-state index is 0.113. The minimum Gasteiger partial charge on any atom is -0.396 e. The maximum atomic E-state index is 11.9. The molecule has 0 amide bonds. The lowest BCUT2D eigenvalue weighted by molar-refractivity contribution is -0.117. The second-order valence-electron chi connectivity index (χ2n) is 9.64. The van der Waals surface area contributed by atoms with Crippen LogP contribution in [0.15, 0.2) is 11.6 Å². The number of hydrogen-bond donors (Lipinski definition) is 2. The van der Waals surface area contributed by atoms with Crippen molar-refractivity contribution in [1.29, 1.82) is 5.41 Å². The number of aliphatic hydroxyl groups is 1. The lowest BCUT2D eigenvalue weighted by atomic mass is 9.46. The van der Waals surface area contributed by atoms with Gasteiger partial charge < -0.3 is 10.5 Å². The molecule has 3 saturated carbocycles. The lowest BCUT2D eigenvalue weighted by Crippen LogP contribution is -2.51. The summed E-state index contributed by atoms with van der Waals surface area (Å²) < 4.78 is 0. The zero-order valence-corrected chi connectivity index (χ0v) is 15.8. The molecule has 138 valence electrons. The van der Waals surface area contributed by atoms with E-state index in [1.54, 1.807) is 0 Å². The van der Waals surface area contributed by atoms with E-state index in [0.717, 1.165) is 49.1 Å². The fourth-order valence-electron chi connectivity index (χ4n) is 7.43. The van der Waals surface area contributed by atoms with Crippen molar-refractivity contribution in [3.05, 3.63) is 11.6 Å². The molecule has 0 bridgehead atoms. The molecule has 25 heavy (non-hydrogen) atoms. The van der Waals surface area contributed by atoms with Gasteiger partial charge in [-0.15, -0.1) is 0 Å². The van der Waals surface area contributed by atoms with Gasteiger partial charge in [0, 0.05) is 31.1 Å². The second-order valence-corrected chi connectivity index (χ2v) is 9.64. The average molecular weight is 344 g/mol. The Morgan fingerprint density at radius 3 is 2.72 bits per heavy atom. The quantitative estimate of drug-likeness (QED) is 0.739. The van der Waals surface area contributed by atoms with Crippen LogP contribution in [-0.4, -0.2) is 23.2 Å². The van der Waals surface area contributed by atoms with Gasteiger partial charge in [-0.25, -0.2) is 0 Å². The van der Waals surface area contributed by atoms with Gasteiger partial charge in [0.05, 0.1) is 0 Å². The predicted molar refractivity (Wildman–Crippen MR) is 99.6 cm³/mol. The first-order valence-electron chi connectivity index (χ1n) is 10.3. The fraction of sp³-hybridized carbons (Fsp3) is 0.818. The highest BCUT2D eigenvalue weighted by Crippen LogP contribution is 2.66. The van der Waals surface area contributed by atoms with Crippen LogP contribution in [0.4, 0.5) is 0 Å². The van der Waals surface area contributed by atoms with E-state index < -0.39 is 0 Å². The molecule has 0 heterocycles. The third-order valence-corrected chi connectivity index (χ3v) is 8.76. The summed E-state index contributed by atoms with van der Waals surface area (Å²) in [7, 11) is 0. The molecule has 0 saturated heterocycles. The number of carbonyl (C=O) groups is 1. The van der Waals surface area contributed by atoms with Crippen molar-refractivity contribution in [2.45, 2.75) is 71.6 Å². The van der Waals surface area contributed by atoms with Crippen molar-refractivity contribution in [1.82, 2.24) is 0 Å². The summed E-state index contributed by atoms with van der Waals surface area (Å²) in [4.78, 5) is 11.9. The van der Waals surface area contributed by atoms with Crippen molar-refractivity contribution >= 4 is 11.5 Å².